The molecule has 14 heavy (non-hydrogen) atoms. The number of hydrogen-bond acceptors (Lipinski definition) is 1. The Hall–Kier alpha value is -1.45. The van der Waals surface area contributed by atoms with Crippen LogP contribution in [0.5, 0.6) is 0 Å². The summed E-state index contributed by atoms with van der Waals surface area (Å²) in [6.07, 6.45) is 1.09. The zero-order valence-corrected chi connectivity index (χ0v) is 7.39. The van der Waals surface area contributed by atoms with Crippen LogP contribution in [0.3, 0.4) is 0 Å². The first-order valence-corrected chi connectivity index (χ1v) is 4.41. The second-order valence-electron chi connectivity index (χ2n) is 3.33. The van der Waals surface area contributed by atoms with Gasteiger partial charge in [-0.3, -0.25) is 4.79 Å². The molecule has 1 aliphatic heterocycles. The third-order valence-corrected chi connectivity index (χ3v) is 2.34. The van der Waals surface area contributed by atoms with Crippen molar-refractivity contribution in [2.75, 3.05) is 0 Å². The summed E-state index contributed by atoms with van der Waals surface area (Å²) in [5.41, 5.74) is 0.620. The average molecular weight is 197 g/mol. The molecule has 1 heterocycles. The second-order valence-corrected chi connectivity index (χ2v) is 3.33. The SMILES string of the molecule is O=C1CCC(c2ccc(F)c(F)c2)N1. The number of amides is 1. The van der Waals surface area contributed by atoms with Gasteiger partial charge in [0.1, 0.15) is 0 Å². The fraction of sp³-hybridized carbons (Fsp3) is 0.300. The zero-order valence-electron chi connectivity index (χ0n) is 7.39. The van der Waals surface area contributed by atoms with Gasteiger partial charge in [0, 0.05) is 6.42 Å². The first-order valence-electron chi connectivity index (χ1n) is 4.41. The molecule has 1 aromatic carbocycles. The summed E-state index contributed by atoms with van der Waals surface area (Å²) in [4.78, 5) is 10.9. The molecule has 0 bridgehead atoms. The molecule has 0 spiro atoms. The van der Waals surface area contributed by atoms with Crippen LogP contribution in [-0.2, 0) is 4.79 Å². The molecule has 1 saturated heterocycles. The molecule has 1 aromatic rings. The number of hydrogen-bond donors (Lipinski definition) is 1. The minimum Gasteiger partial charge on any atom is -0.349 e. The highest BCUT2D eigenvalue weighted by atomic mass is 19.2. The van der Waals surface area contributed by atoms with Crippen molar-refractivity contribution in [3.05, 3.63) is 35.4 Å². The molecule has 0 aromatic heterocycles. The third kappa shape index (κ3) is 1.60. The van der Waals surface area contributed by atoms with Crippen molar-refractivity contribution in [1.82, 2.24) is 5.32 Å². The number of nitrogens with one attached hydrogen (secondary N) is 1. The number of carbonyl (C=O) groups excluding carboxylic acids is 1. The maximum atomic E-state index is 12.8. The van der Waals surface area contributed by atoms with E-state index in [9.17, 15) is 13.6 Å². The number of halogens is 2. The van der Waals surface area contributed by atoms with Crippen molar-refractivity contribution < 1.29 is 13.6 Å². The summed E-state index contributed by atoms with van der Waals surface area (Å²) in [5.74, 6) is -1.78. The van der Waals surface area contributed by atoms with E-state index in [1.807, 2.05) is 0 Å². The highest BCUT2D eigenvalue weighted by molar-refractivity contribution is 5.78. The zero-order chi connectivity index (χ0) is 10.1. The quantitative estimate of drug-likeness (QED) is 0.732. The van der Waals surface area contributed by atoms with Crippen LogP contribution >= 0.6 is 0 Å². The smallest absolute Gasteiger partial charge is 0.220 e. The van der Waals surface area contributed by atoms with E-state index in [2.05, 4.69) is 5.32 Å². The van der Waals surface area contributed by atoms with Crippen molar-refractivity contribution in [2.24, 2.45) is 0 Å². The Morgan fingerprint density at radius 3 is 2.64 bits per heavy atom. The minimum atomic E-state index is -0.872. The van der Waals surface area contributed by atoms with Crippen molar-refractivity contribution in [3.8, 4) is 0 Å². The molecule has 4 heteroatoms. The van der Waals surface area contributed by atoms with E-state index in [0.29, 0.717) is 18.4 Å². The van der Waals surface area contributed by atoms with Crippen LogP contribution in [0.25, 0.3) is 0 Å². The molecule has 0 radical (unpaired) electrons. The first kappa shape index (κ1) is 9.12. The molecule has 74 valence electrons. The number of carbonyl (C=O) groups is 1. The molecule has 0 saturated carbocycles. The van der Waals surface area contributed by atoms with Crippen LogP contribution in [0.4, 0.5) is 8.78 Å². The van der Waals surface area contributed by atoms with E-state index < -0.39 is 11.6 Å². The van der Waals surface area contributed by atoms with Crippen molar-refractivity contribution >= 4 is 5.91 Å². The first-order chi connectivity index (χ1) is 6.66. The van der Waals surface area contributed by atoms with Crippen LogP contribution in [0.1, 0.15) is 24.4 Å². The molecular weight excluding hydrogens is 188 g/mol. The standard InChI is InChI=1S/C10H9F2NO/c11-7-2-1-6(5-8(7)12)9-3-4-10(14)13-9/h1-2,5,9H,3-4H2,(H,13,14). The Morgan fingerprint density at radius 2 is 2.07 bits per heavy atom. The van der Waals surface area contributed by atoms with Crippen LogP contribution in [0.2, 0.25) is 0 Å². The Morgan fingerprint density at radius 1 is 1.29 bits per heavy atom. The van der Waals surface area contributed by atoms with Gasteiger partial charge in [0.05, 0.1) is 6.04 Å². The van der Waals surface area contributed by atoms with Crippen molar-refractivity contribution in [2.45, 2.75) is 18.9 Å². The van der Waals surface area contributed by atoms with Gasteiger partial charge < -0.3 is 5.32 Å². The summed E-state index contributed by atoms with van der Waals surface area (Å²) >= 11 is 0. The van der Waals surface area contributed by atoms with Crippen molar-refractivity contribution in [1.29, 1.82) is 0 Å². The fourth-order valence-electron chi connectivity index (χ4n) is 1.59. The summed E-state index contributed by atoms with van der Waals surface area (Å²) in [5, 5.41) is 2.69. The number of benzene rings is 1. The normalized spacial score (nSPS) is 21.0. The monoisotopic (exact) mass is 197 g/mol. The van der Waals surface area contributed by atoms with Gasteiger partial charge in [0.25, 0.3) is 0 Å². The molecule has 1 unspecified atom stereocenters. The Labute approximate surface area is 79.9 Å². The molecule has 0 aliphatic carbocycles. The molecule has 2 nitrogen and oxygen atoms in total. The molecular formula is C10H9F2NO. The van der Waals surface area contributed by atoms with Gasteiger partial charge in [-0.25, -0.2) is 8.78 Å². The van der Waals surface area contributed by atoms with Crippen molar-refractivity contribution in [3.63, 3.8) is 0 Å². The van der Waals surface area contributed by atoms with Gasteiger partial charge >= 0.3 is 0 Å². The summed E-state index contributed by atoms with van der Waals surface area (Å²) in [6, 6.07) is 3.53. The lowest BCUT2D eigenvalue weighted by molar-refractivity contribution is -0.119. The Bertz CT molecular complexity index is 378. The maximum absolute atomic E-state index is 12.8. The summed E-state index contributed by atoms with van der Waals surface area (Å²) in [6.45, 7) is 0. The van der Waals surface area contributed by atoms with Crippen LogP contribution < -0.4 is 5.32 Å². The van der Waals surface area contributed by atoms with Gasteiger partial charge in [0.15, 0.2) is 11.6 Å². The van der Waals surface area contributed by atoms with E-state index in [-0.39, 0.29) is 11.9 Å². The average Bonchev–Trinajstić information content (AvgIpc) is 2.57. The predicted molar refractivity (Wildman–Crippen MR) is 46.5 cm³/mol. The lowest BCUT2D eigenvalue weighted by Gasteiger charge is -2.09. The van der Waals surface area contributed by atoms with E-state index in [4.69, 9.17) is 0 Å². The lowest BCUT2D eigenvalue weighted by Crippen LogP contribution is -2.18. The summed E-state index contributed by atoms with van der Waals surface area (Å²) < 4.78 is 25.4. The fourth-order valence-corrected chi connectivity index (χ4v) is 1.59. The highest BCUT2D eigenvalue weighted by Crippen LogP contribution is 2.24. The van der Waals surface area contributed by atoms with Gasteiger partial charge in [0.2, 0.25) is 5.91 Å². The Balaban J connectivity index is 2.24. The Kier molecular flexibility index (Phi) is 2.19. The van der Waals surface area contributed by atoms with Gasteiger partial charge in [-0.05, 0) is 24.1 Å². The minimum absolute atomic E-state index is 0.0419. The van der Waals surface area contributed by atoms with E-state index in [0.717, 1.165) is 12.1 Å². The highest BCUT2D eigenvalue weighted by Gasteiger charge is 2.22. The molecule has 1 atom stereocenters. The number of rotatable bonds is 1. The molecule has 1 N–H and O–H groups in total. The van der Waals surface area contributed by atoms with Crippen LogP contribution in [0, 0.1) is 11.6 Å². The second kappa shape index (κ2) is 3.36. The molecule has 1 aliphatic rings. The topological polar surface area (TPSA) is 29.1 Å². The maximum Gasteiger partial charge on any atom is 0.220 e. The van der Waals surface area contributed by atoms with Gasteiger partial charge in [-0.1, -0.05) is 6.07 Å². The molecule has 1 fully saturated rings. The van der Waals surface area contributed by atoms with Crippen LogP contribution in [0.15, 0.2) is 18.2 Å². The van der Waals surface area contributed by atoms with Gasteiger partial charge in [-0.15, -0.1) is 0 Å². The lowest BCUT2D eigenvalue weighted by atomic mass is 10.1. The third-order valence-electron chi connectivity index (χ3n) is 2.34. The molecule has 1 amide bonds. The van der Waals surface area contributed by atoms with E-state index in [1.54, 1.807) is 0 Å². The van der Waals surface area contributed by atoms with E-state index in [1.165, 1.54) is 6.07 Å². The molecule has 2 rings (SSSR count). The van der Waals surface area contributed by atoms with E-state index >= 15 is 0 Å². The van der Waals surface area contributed by atoms with Gasteiger partial charge in [-0.2, -0.15) is 0 Å². The van der Waals surface area contributed by atoms with Crippen LogP contribution in [-0.4, -0.2) is 5.91 Å². The summed E-state index contributed by atoms with van der Waals surface area (Å²) in [7, 11) is 0. The predicted octanol–water partition coefficient (Wildman–Crippen LogP) is 1.92. The largest absolute Gasteiger partial charge is 0.349 e.